The number of rotatable bonds is 7. The third-order valence-electron chi connectivity index (χ3n) is 2.98. The van der Waals surface area contributed by atoms with Crippen molar-refractivity contribution in [2.75, 3.05) is 5.75 Å². The molecule has 2 aromatic rings. The number of benzene rings is 1. The molecule has 0 saturated carbocycles. The first-order chi connectivity index (χ1) is 10.6. The molecule has 0 radical (unpaired) electrons. The highest BCUT2D eigenvalue weighted by atomic mass is 32.2. The number of carboxylic acid groups (broad SMARTS) is 1. The van der Waals surface area contributed by atoms with Gasteiger partial charge in [-0.3, -0.25) is 4.79 Å². The minimum atomic E-state index is -1.13. The Kier molecular flexibility index (Phi) is 5.66. The smallest absolute Gasteiger partial charge is 0.371 e. The molecule has 1 heterocycles. The van der Waals surface area contributed by atoms with Crippen molar-refractivity contribution in [1.29, 1.82) is 0 Å². The summed E-state index contributed by atoms with van der Waals surface area (Å²) in [5.74, 6) is 0.914. The van der Waals surface area contributed by atoms with E-state index in [4.69, 9.17) is 9.52 Å². The van der Waals surface area contributed by atoms with Crippen molar-refractivity contribution in [3.63, 3.8) is 0 Å². The van der Waals surface area contributed by atoms with Crippen LogP contribution in [-0.4, -0.2) is 22.7 Å². The molecule has 0 saturated heterocycles. The summed E-state index contributed by atoms with van der Waals surface area (Å²) in [7, 11) is 0. The van der Waals surface area contributed by atoms with Crippen molar-refractivity contribution in [3.05, 3.63) is 59.0 Å². The van der Waals surface area contributed by atoms with E-state index >= 15 is 0 Å². The summed E-state index contributed by atoms with van der Waals surface area (Å²) >= 11 is 1.83. The van der Waals surface area contributed by atoms with Crippen LogP contribution in [0.1, 0.15) is 39.2 Å². The Bertz CT molecular complexity index is 648. The summed E-state index contributed by atoms with van der Waals surface area (Å²) < 4.78 is 5.08. The second-order valence-corrected chi connectivity index (χ2v) is 5.86. The minimum Gasteiger partial charge on any atom is -0.475 e. The molecule has 116 valence electrons. The summed E-state index contributed by atoms with van der Waals surface area (Å²) in [6.07, 6.45) is 0. The third kappa shape index (κ3) is 4.39. The van der Waals surface area contributed by atoms with Crippen LogP contribution in [-0.2, 0) is 12.3 Å². The van der Waals surface area contributed by atoms with E-state index in [-0.39, 0.29) is 18.2 Å². The fraction of sp³-hybridized carbons (Fsp3) is 0.250. The molecular formula is C16H17NO4S. The number of furan rings is 1. The molecule has 1 aromatic heterocycles. The second kappa shape index (κ2) is 7.70. The molecule has 5 nitrogen and oxygen atoms in total. The Morgan fingerprint density at radius 2 is 1.91 bits per heavy atom. The first kappa shape index (κ1) is 16.2. The molecule has 0 aliphatic heterocycles. The largest absolute Gasteiger partial charge is 0.475 e. The van der Waals surface area contributed by atoms with Crippen molar-refractivity contribution in [2.24, 2.45) is 0 Å². The third-order valence-corrected chi connectivity index (χ3v) is 3.93. The highest BCUT2D eigenvalue weighted by molar-refractivity contribution is 7.98. The number of carbonyl (C=O) groups is 2. The molecule has 0 spiro atoms. The van der Waals surface area contributed by atoms with Gasteiger partial charge in [-0.15, -0.1) is 0 Å². The lowest BCUT2D eigenvalue weighted by Gasteiger charge is -2.05. The topological polar surface area (TPSA) is 79.5 Å². The predicted octanol–water partition coefficient (Wildman–Crippen LogP) is 3.16. The van der Waals surface area contributed by atoms with E-state index in [1.165, 1.54) is 17.7 Å². The van der Waals surface area contributed by atoms with Crippen LogP contribution in [0.25, 0.3) is 0 Å². The number of carbonyl (C=O) groups excluding carboxylic acids is 1. The summed E-state index contributed by atoms with van der Waals surface area (Å²) in [6.45, 7) is 2.26. The Morgan fingerprint density at radius 1 is 1.18 bits per heavy atom. The van der Waals surface area contributed by atoms with Gasteiger partial charge in [0.05, 0.1) is 6.54 Å². The van der Waals surface area contributed by atoms with Gasteiger partial charge in [-0.25, -0.2) is 4.79 Å². The number of amides is 1. The zero-order valence-corrected chi connectivity index (χ0v) is 13.0. The van der Waals surface area contributed by atoms with Gasteiger partial charge in [0.25, 0.3) is 5.91 Å². The fourth-order valence-corrected chi connectivity index (χ4v) is 2.46. The minimum absolute atomic E-state index is 0.137. The van der Waals surface area contributed by atoms with Crippen LogP contribution in [0.2, 0.25) is 0 Å². The van der Waals surface area contributed by atoms with Gasteiger partial charge >= 0.3 is 5.97 Å². The van der Waals surface area contributed by atoms with E-state index in [0.29, 0.717) is 11.3 Å². The molecule has 0 unspecified atom stereocenters. The molecule has 2 N–H and O–H groups in total. The Labute approximate surface area is 132 Å². The lowest BCUT2D eigenvalue weighted by atomic mass is 10.1. The van der Waals surface area contributed by atoms with Gasteiger partial charge in [0.15, 0.2) is 0 Å². The molecule has 6 heteroatoms. The quantitative estimate of drug-likeness (QED) is 0.819. The molecule has 1 aromatic carbocycles. The zero-order valence-electron chi connectivity index (χ0n) is 12.2. The number of thioether (sulfide) groups is 1. The van der Waals surface area contributed by atoms with Crippen molar-refractivity contribution in [1.82, 2.24) is 5.32 Å². The maximum absolute atomic E-state index is 12.0. The second-order valence-electron chi connectivity index (χ2n) is 4.59. The van der Waals surface area contributed by atoms with E-state index in [2.05, 4.69) is 12.2 Å². The fourth-order valence-electron chi connectivity index (χ4n) is 1.83. The first-order valence-corrected chi connectivity index (χ1v) is 8.02. The number of carboxylic acids is 1. The Balaban J connectivity index is 1.89. The monoisotopic (exact) mass is 319 g/mol. The number of aromatic carboxylic acids is 1. The van der Waals surface area contributed by atoms with E-state index in [1.54, 1.807) is 12.1 Å². The van der Waals surface area contributed by atoms with Crippen LogP contribution in [0.4, 0.5) is 0 Å². The van der Waals surface area contributed by atoms with Gasteiger partial charge in [-0.2, -0.15) is 11.8 Å². The van der Waals surface area contributed by atoms with Gasteiger partial charge in [-0.1, -0.05) is 19.1 Å². The summed E-state index contributed by atoms with van der Waals surface area (Å²) in [6, 6.07) is 10.3. The number of hydrogen-bond donors (Lipinski definition) is 2. The first-order valence-electron chi connectivity index (χ1n) is 6.87. The van der Waals surface area contributed by atoms with Crippen LogP contribution < -0.4 is 5.32 Å². The van der Waals surface area contributed by atoms with Crippen molar-refractivity contribution >= 4 is 23.6 Å². The van der Waals surface area contributed by atoms with Crippen molar-refractivity contribution in [2.45, 2.75) is 19.2 Å². The van der Waals surface area contributed by atoms with E-state index in [1.807, 2.05) is 23.9 Å². The highest BCUT2D eigenvalue weighted by Gasteiger charge is 2.10. The maximum Gasteiger partial charge on any atom is 0.371 e. The van der Waals surface area contributed by atoms with Gasteiger partial charge < -0.3 is 14.8 Å². The van der Waals surface area contributed by atoms with E-state index in [0.717, 1.165) is 11.5 Å². The van der Waals surface area contributed by atoms with Gasteiger partial charge in [0, 0.05) is 11.3 Å². The van der Waals surface area contributed by atoms with Gasteiger partial charge in [-0.05, 0) is 35.6 Å². The number of hydrogen-bond acceptors (Lipinski definition) is 4. The molecular weight excluding hydrogens is 302 g/mol. The van der Waals surface area contributed by atoms with Crippen LogP contribution in [0.15, 0.2) is 40.8 Å². The molecule has 0 bridgehead atoms. The molecule has 22 heavy (non-hydrogen) atoms. The average molecular weight is 319 g/mol. The Morgan fingerprint density at radius 3 is 2.50 bits per heavy atom. The molecule has 0 aliphatic carbocycles. The zero-order chi connectivity index (χ0) is 15.9. The lowest BCUT2D eigenvalue weighted by molar-refractivity contribution is 0.0660. The predicted molar refractivity (Wildman–Crippen MR) is 85.1 cm³/mol. The van der Waals surface area contributed by atoms with Crippen LogP contribution >= 0.6 is 11.8 Å². The molecule has 0 aliphatic rings. The lowest BCUT2D eigenvalue weighted by Crippen LogP contribution is -2.22. The standard InChI is InChI=1S/C16H17NO4S/c1-2-22-10-11-3-5-12(6-4-11)15(18)17-9-13-7-8-14(21-13)16(19)20/h3-8H,2,9-10H2,1H3,(H,17,18)(H,19,20). The maximum atomic E-state index is 12.0. The normalized spacial score (nSPS) is 10.4. The molecule has 0 fully saturated rings. The van der Waals surface area contributed by atoms with Crippen molar-refractivity contribution < 1.29 is 19.1 Å². The van der Waals surface area contributed by atoms with E-state index < -0.39 is 5.97 Å². The van der Waals surface area contributed by atoms with E-state index in [9.17, 15) is 9.59 Å². The van der Waals surface area contributed by atoms with Crippen molar-refractivity contribution in [3.8, 4) is 0 Å². The number of nitrogens with one attached hydrogen (secondary N) is 1. The van der Waals surface area contributed by atoms with Gasteiger partial charge in [0.1, 0.15) is 5.76 Å². The molecule has 0 atom stereocenters. The average Bonchev–Trinajstić information content (AvgIpc) is 3.00. The van der Waals surface area contributed by atoms with Crippen LogP contribution in [0, 0.1) is 0 Å². The molecule has 2 rings (SSSR count). The summed E-state index contributed by atoms with van der Waals surface area (Å²) in [4.78, 5) is 22.7. The van der Waals surface area contributed by atoms with Crippen LogP contribution in [0.5, 0.6) is 0 Å². The van der Waals surface area contributed by atoms with Gasteiger partial charge in [0.2, 0.25) is 5.76 Å². The highest BCUT2D eigenvalue weighted by Crippen LogP contribution is 2.13. The SMILES string of the molecule is CCSCc1ccc(C(=O)NCc2ccc(C(=O)O)o2)cc1. The summed E-state index contributed by atoms with van der Waals surface area (Å²) in [5, 5.41) is 11.5. The summed E-state index contributed by atoms with van der Waals surface area (Å²) in [5.41, 5.74) is 1.75. The van der Waals surface area contributed by atoms with Crippen LogP contribution in [0.3, 0.4) is 0 Å². The Hall–Kier alpha value is -2.21. The molecule has 1 amide bonds.